The van der Waals surface area contributed by atoms with E-state index in [1.54, 1.807) is 24.3 Å². The lowest BCUT2D eigenvalue weighted by molar-refractivity contribution is 0.102. The molecule has 2 N–H and O–H groups in total. The molecule has 0 bridgehead atoms. The molecule has 7 heteroatoms. The van der Waals surface area contributed by atoms with Crippen molar-refractivity contribution >= 4 is 11.6 Å². The van der Waals surface area contributed by atoms with E-state index < -0.39 is 0 Å². The molecule has 0 aliphatic heterocycles. The van der Waals surface area contributed by atoms with Crippen molar-refractivity contribution in [2.75, 3.05) is 5.32 Å². The maximum atomic E-state index is 11.8. The van der Waals surface area contributed by atoms with E-state index in [1.807, 2.05) is 0 Å². The first kappa shape index (κ1) is 11.1. The Balaban J connectivity index is 1.75. The van der Waals surface area contributed by atoms with Gasteiger partial charge in [0, 0.05) is 17.4 Å². The van der Waals surface area contributed by atoms with Crippen molar-refractivity contribution in [3.8, 4) is 11.5 Å². The van der Waals surface area contributed by atoms with Crippen LogP contribution in [0.4, 0.5) is 5.69 Å². The van der Waals surface area contributed by atoms with Gasteiger partial charge in [-0.05, 0) is 24.3 Å². The van der Waals surface area contributed by atoms with Crippen molar-refractivity contribution in [3.63, 3.8) is 0 Å². The first-order chi connectivity index (χ1) is 9.33. The van der Waals surface area contributed by atoms with Gasteiger partial charge >= 0.3 is 0 Å². The second-order valence-corrected chi connectivity index (χ2v) is 3.76. The zero-order valence-corrected chi connectivity index (χ0v) is 9.70. The van der Waals surface area contributed by atoms with Gasteiger partial charge in [0.25, 0.3) is 5.91 Å². The Kier molecular flexibility index (Phi) is 2.77. The number of hydrogen-bond donors (Lipinski definition) is 2. The van der Waals surface area contributed by atoms with Crippen LogP contribution in [-0.4, -0.2) is 26.3 Å². The molecule has 1 aromatic carbocycles. The Labute approximate surface area is 107 Å². The molecule has 0 aliphatic carbocycles. The fourth-order valence-corrected chi connectivity index (χ4v) is 1.57. The number of rotatable bonds is 3. The fraction of sp³-hybridized carbons (Fsp3) is 0. The van der Waals surface area contributed by atoms with Gasteiger partial charge in [-0.1, -0.05) is 0 Å². The Morgan fingerprint density at radius 3 is 2.74 bits per heavy atom. The van der Waals surface area contributed by atoms with E-state index in [-0.39, 0.29) is 5.91 Å². The summed E-state index contributed by atoms with van der Waals surface area (Å²) in [5, 5.41) is 16.5. The summed E-state index contributed by atoms with van der Waals surface area (Å²) in [5.74, 6) is 0.215. The molecular weight excluding hydrogens is 246 g/mol. The lowest BCUT2D eigenvalue weighted by Crippen LogP contribution is -2.10. The monoisotopic (exact) mass is 255 g/mol. The predicted octanol–water partition coefficient (Wildman–Crippen LogP) is 1.71. The van der Waals surface area contributed by atoms with Gasteiger partial charge in [-0.2, -0.15) is 5.10 Å². The molecule has 0 unspecified atom stereocenters. The zero-order valence-electron chi connectivity index (χ0n) is 9.70. The maximum absolute atomic E-state index is 11.8. The van der Waals surface area contributed by atoms with E-state index in [0.29, 0.717) is 17.1 Å². The second kappa shape index (κ2) is 4.73. The number of carbonyl (C=O) groups is 1. The maximum Gasteiger partial charge on any atom is 0.258 e. The molecule has 3 aromatic rings. The van der Waals surface area contributed by atoms with Crippen molar-refractivity contribution in [1.82, 2.24) is 20.4 Å². The smallest absolute Gasteiger partial charge is 0.258 e. The Hall–Kier alpha value is -2.96. The molecule has 0 saturated carbocycles. The normalized spacial score (nSPS) is 10.3. The summed E-state index contributed by atoms with van der Waals surface area (Å²) in [6.07, 6.45) is 4.26. The summed E-state index contributed by atoms with van der Waals surface area (Å²) in [4.78, 5) is 11.8. The quantitative estimate of drug-likeness (QED) is 0.742. The number of hydrogen-bond acceptors (Lipinski definition) is 5. The standard InChI is InChI=1S/C12H9N5O2/c18-11(9-5-13-14-6-9)16-10-3-1-8(2-4-10)12-17-15-7-19-12/h1-7H,(H,13,14)(H,16,18). The topological polar surface area (TPSA) is 96.7 Å². The van der Waals surface area contributed by atoms with Gasteiger partial charge in [0.2, 0.25) is 12.3 Å². The van der Waals surface area contributed by atoms with Gasteiger partial charge in [0.05, 0.1) is 11.8 Å². The SMILES string of the molecule is O=C(Nc1ccc(-c2nnco2)cc1)c1cn[nH]c1. The van der Waals surface area contributed by atoms with Crippen molar-refractivity contribution < 1.29 is 9.21 Å². The van der Waals surface area contributed by atoms with Gasteiger partial charge in [-0.15, -0.1) is 10.2 Å². The first-order valence-corrected chi connectivity index (χ1v) is 5.49. The van der Waals surface area contributed by atoms with E-state index in [9.17, 15) is 4.79 Å². The van der Waals surface area contributed by atoms with Crippen LogP contribution >= 0.6 is 0 Å². The number of nitrogens with one attached hydrogen (secondary N) is 2. The average Bonchev–Trinajstić information content (AvgIpc) is 3.13. The summed E-state index contributed by atoms with van der Waals surface area (Å²) >= 11 is 0. The molecule has 0 fully saturated rings. The average molecular weight is 255 g/mol. The second-order valence-electron chi connectivity index (χ2n) is 3.76. The van der Waals surface area contributed by atoms with E-state index >= 15 is 0 Å². The van der Waals surface area contributed by atoms with Crippen LogP contribution in [0.15, 0.2) is 47.5 Å². The number of amides is 1. The van der Waals surface area contributed by atoms with Crippen LogP contribution in [0.3, 0.4) is 0 Å². The third kappa shape index (κ3) is 2.34. The van der Waals surface area contributed by atoms with E-state index in [2.05, 4.69) is 25.7 Å². The van der Waals surface area contributed by atoms with Gasteiger partial charge in [0.15, 0.2) is 0 Å². The summed E-state index contributed by atoms with van der Waals surface area (Å²) in [6, 6.07) is 7.10. The van der Waals surface area contributed by atoms with Crippen molar-refractivity contribution in [1.29, 1.82) is 0 Å². The largest absolute Gasteiger partial charge is 0.423 e. The number of aromatic amines is 1. The highest BCUT2D eigenvalue weighted by molar-refractivity contribution is 6.03. The van der Waals surface area contributed by atoms with Crippen LogP contribution in [0, 0.1) is 0 Å². The van der Waals surface area contributed by atoms with E-state index in [1.165, 1.54) is 18.8 Å². The lowest BCUT2D eigenvalue weighted by atomic mass is 10.2. The molecular formula is C12H9N5O2. The minimum atomic E-state index is -0.223. The molecule has 2 heterocycles. The number of carbonyl (C=O) groups excluding carboxylic acids is 1. The molecule has 0 saturated heterocycles. The van der Waals surface area contributed by atoms with Crippen LogP contribution in [0.1, 0.15) is 10.4 Å². The summed E-state index contributed by atoms with van der Waals surface area (Å²) in [7, 11) is 0. The van der Waals surface area contributed by atoms with E-state index in [0.717, 1.165) is 5.56 Å². The number of aromatic nitrogens is 4. The summed E-state index contributed by atoms with van der Waals surface area (Å²) in [5.41, 5.74) is 1.94. The molecule has 0 radical (unpaired) electrons. The Morgan fingerprint density at radius 1 is 1.26 bits per heavy atom. The highest BCUT2D eigenvalue weighted by Crippen LogP contribution is 2.19. The molecule has 0 atom stereocenters. The van der Waals surface area contributed by atoms with Crippen LogP contribution < -0.4 is 5.32 Å². The summed E-state index contributed by atoms with van der Waals surface area (Å²) in [6.45, 7) is 0. The highest BCUT2D eigenvalue weighted by atomic mass is 16.4. The van der Waals surface area contributed by atoms with Crippen molar-refractivity contribution in [3.05, 3.63) is 48.6 Å². The molecule has 2 aromatic heterocycles. The lowest BCUT2D eigenvalue weighted by Gasteiger charge is -2.03. The molecule has 0 spiro atoms. The Morgan fingerprint density at radius 2 is 2.11 bits per heavy atom. The number of benzene rings is 1. The highest BCUT2D eigenvalue weighted by Gasteiger charge is 2.08. The number of nitrogens with zero attached hydrogens (tertiary/aromatic N) is 3. The van der Waals surface area contributed by atoms with Crippen LogP contribution in [-0.2, 0) is 0 Å². The third-order valence-electron chi connectivity index (χ3n) is 2.51. The van der Waals surface area contributed by atoms with Gasteiger partial charge in [-0.25, -0.2) is 0 Å². The van der Waals surface area contributed by atoms with Crippen LogP contribution in [0.25, 0.3) is 11.5 Å². The number of anilines is 1. The van der Waals surface area contributed by atoms with Crippen LogP contribution in [0.2, 0.25) is 0 Å². The van der Waals surface area contributed by atoms with Gasteiger partial charge in [-0.3, -0.25) is 9.89 Å². The minimum Gasteiger partial charge on any atom is -0.423 e. The molecule has 1 amide bonds. The zero-order chi connectivity index (χ0) is 13.1. The van der Waals surface area contributed by atoms with Crippen molar-refractivity contribution in [2.24, 2.45) is 0 Å². The Bertz CT molecular complexity index is 659. The van der Waals surface area contributed by atoms with E-state index in [4.69, 9.17) is 4.42 Å². The van der Waals surface area contributed by atoms with Gasteiger partial charge in [0.1, 0.15) is 0 Å². The molecule has 0 aliphatic rings. The molecule has 3 rings (SSSR count). The van der Waals surface area contributed by atoms with Crippen LogP contribution in [0.5, 0.6) is 0 Å². The third-order valence-corrected chi connectivity index (χ3v) is 2.51. The first-order valence-electron chi connectivity index (χ1n) is 5.49. The predicted molar refractivity (Wildman–Crippen MR) is 66.3 cm³/mol. The summed E-state index contributed by atoms with van der Waals surface area (Å²) < 4.78 is 5.08. The molecule has 7 nitrogen and oxygen atoms in total. The van der Waals surface area contributed by atoms with Gasteiger partial charge < -0.3 is 9.73 Å². The van der Waals surface area contributed by atoms with Crippen molar-refractivity contribution in [2.45, 2.75) is 0 Å². The molecule has 19 heavy (non-hydrogen) atoms. The molecule has 94 valence electrons. The minimum absolute atomic E-state index is 0.223. The fourth-order valence-electron chi connectivity index (χ4n) is 1.57. The number of H-pyrrole nitrogens is 1.